The van der Waals surface area contributed by atoms with Crippen molar-refractivity contribution >= 4 is 16.2 Å². The Morgan fingerprint density at radius 1 is 1.31 bits per heavy atom. The fourth-order valence-electron chi connectivity index (χ4n) is 0.971. The number of hydrogen-bond acceptors (Lipinski definition) is 6. The van der Waals surface area contributed by atoms with Gasteiger partial charge in [-0.05, 0) is 13.3 Å². The molecule has 0 N–H and O–H groups in total. The van der Waals surface area contributed by atoms with E-state index in [9.17, 15) is 4.57 Å². The summed E-state index contributed by atoms with van der Waals surface area (Å²) in [5.41, 5.74) is 0. The SMILES string of the molecule is COP(=O)(/C=C(/C)OP1OCCCO1)OC. The van der Waals surface area contributed by atoms with Crippen molar-refractivity contribution in [1.29, 1.82) is 0 Å². The minimum Gasteiger partial charge on any atom is -0.431 e. The van der Waals surface area contributed by atoms with Crippen LogP contribution in [-0.4, -0.2) is 27.4 Å². The summed E-state index contributed by atoms with van der Waals surface area (Å²) in [5, 5.41) is 0. The molecule has 94 valence electrons. The topological polar surface area (TPSA) is 63.2 Å². The molecule has 0 aliphatic carbocycles. The lowest BCUT2D eigenvalue weighted by molar-refractivity contribution is 0.133. The first-order valence-electron chi connectivity index (χ1n) is 4.74. The van der Waals surface area contributed by atoms with Gasteiger partial charge in [0.25, 0.3) is 0 Å². The van der Waals surface area contributed by atoms with Crippen LogP contribution >= 0.6 is 16.2 Å². The normalized spacial score (nSPS) is 19.8. The molecule has 8 heteroatoms. The van der Waals surface area contributed by atoms with E-state index in [-0.39, 0.29) is 0 Å². The Hall–Kier alpha value is 0.0400. The smallest absolute Gasteiger partial charge is 0.396 e. The molecular formula is C8H16O6P2. The van der Waals surface area contributed by atoms with Gasteiger partial charge in [0.15, 0.2) is 0 Å². The Kier molecular flexibility index (Phi) is 5.90. The minimum atomic E-state index is -3.19. The van der Waals surface area contributed by atoms with E-state index in [1.807, 2.05) is 0 Å². The van der Waals surface area contributed by atoms with E-state index in [4.69, 9.17) is 22.6 Å². The van der Waals surface area contributed by atoms with Crippen LogP contribution in [0.25, 0.3) is 0 Å². The van der Waals surface area contributed by atoms with Crippen LogP contribution in [0.1, 0.15) is 13.3 Å². The van der Waals surface area contributed by atoms with E-state index >= 15 is 0 Å². The third-order valence-electron chi connectivity index (χ3n) is 1.75. The molecule has 1 heterocycles. The van der Waals surface area contributed by atoms with Gasteiger partial charge in [-0.15, -0.1) is 0 Å². The van der Waals surface area contributed by atoms with Crippen LogP contribution in [0.2, 0.25) is 0 Å². The van der Waals surface area contributed by atoms with Gasteiger partial charge in [0.1, 0.15) is 5.76 Å². The molecule has 1 aliphatic heterocycles. The molecule has 1 aliphatic rings. The zero-order chi connectivity index (χ0) is 12.0. The summed E-state index contributed by atoms with van der Waals surface area (Å²) in [6.45, 7) is 2.88. The molecule has 1 saturated heterocycles. The zero-order valence-corrected chi connectivity index (χ0v) is 11.3. The first-order valence-corrected chi connectivity index (χ1v) is 7.45. The van der Waals surface area contributed by atoms with Crippen molar-refractivity contribution in [2.24, 2.45) is 0 Å². The minimum absolute atomic E-state index is 0.403. The molecule has 1 rings (SSSR count). The maximum atomic E-state index is 11.7. The second kappa shape index (κ2) is 6.70. The van der Waals surface area contributed by atoms with E-state index in [1.54, 1.807) is 6.92 Å². The van der Waals surface area contributed by atoms with Gasteiger partial charge in [0.05, 0.1) is 19.0 Å². The zero-order valence-electron chi connectivity index (χ0n) is 9.54. The molecule has 0 aromatic rings. The molecule has 0 radical (unpaired) electrons. The Bertz CT molecular complexity index is 278. The fraction of sp³-hybridized carbons (Fsp3) is 0.750. The lowest BCUT2D eigenvalue weighted by atomic mass is 10.5. The molecule has 16 heavy (non-hydrogen) atoms. The van der Waals surface area contributed by atoms with Crippen LogP contribution in [-0.2, 0) is 27.2 Å². The molecule has 0 bridgehead atoms. The third kappa shape index (κ3) is 4.50. The molecule has 0 spiro atoms. The highest BCUT2D eigenvalue weighted by Gasteiger charge is 2.22. The maximum Gasteiger partial charge on any atom is 0.396 e. The molecule has 0 saturated carbocycles. The fourth-order valence-corrected chi connectivity index (χ4v) is 2.94. The van der Waals surface area contributed by atoms with Crippen LogP contribution in [0.4, 0.5) is 0 Å². The molecule has 0 aromatic carbocycles. The molecular weight excluding hydrogens is 254 g/mol. The van der Waals surface area contributed by atoms with Crippen LogP contribution in [0.5, 0.6) is 0 Å². The van der Waals surface area contributed by atoms with E-state index in [1.165, 1.54) is 20.0 Å². The first kappa shape index (κ1) is 14.1. The van der Waals surface area contributed by atoms with Crippen molar-refractivity contribution in [3.63, 3.8) is 0 Å². The summed E-state index contributed by atoms with van der Waals surface area (Å²) in [7, 11) is -1.94. The van der Waals surface area contributed by atoms with Gasteiger partial charge in [0.2, 0.25) is 0 Å². The van der Waals surface area contributed by atoms with Gasteiger partial charge >= 0.3 is 16.2 Å². The summed E-state index contributed by atoms with van der Waals surface area (Å²) in [5.74, 6) is 1.71. The standard InChI is InChI=1S/C8H16O6P2/c1-8(7-16(9,10-2)11-3)14-15-12-5-4-6-13-15/h7H,4-6H2,1-3H3/b8-7-. The number of hydrogen-bond donors (Lipinski definition) is 0. The summed E-state index contributed by atoms with van der Waals surface area (Å²) in [6.07, 6.45) is 0.861. The maximum absolute atomic E-state index is 11.7. The third-order valence-corrected chi connectivity index (χ3v) is 4.67. The quantitative estimate of drug-likeness (QED) is 0.565. The van der Waals surface area contributed by atoms with Crippen LogP contribution in [0.3, 0.4) is 0 Å². The van der Waals surface area contributed by atoms with Gasteiger partial charge in [-0.2, -0.15) is 0 Å². The molecule has 0 aromatic heterocycles. The lowest BCUT2D eigenvalue weighted by Crippen LogP contribution is -2.06. The number of rotatable bonds is 5. The molecule has 6 nitrogen and oxygen atoms in total. The van der Waals surface area contributed by atoms with E-state index < -0.39 is 16.2 Å². The second-order valence-electron chi connectivity index (χ2n) is 2.98. The monoisotopic (exact) mass is 270 g/mol. The van der Waals surface area contributed by atoms with Crippen LogP contribution < -0.4 is 0 Å². The average molecular weight is 270 g/mol. The van der Waals surface area contributed by atoms with Gasteiger partial charge < -0.3 is 22.6 Å². The first-order chi connectivity index (χ1) is 7.59. The molecule has 1 fully saturated rings. The highest BCUT2D eigenvalue weighted by Crippen LogP contribution is 2.51. The largest absolute Gasteiger partial charge is 0.431 e. The Labute approximate surface area is 96.4 Å². The van der Waals surface area contributed by atoms with Crippen molar-refractivity contribution in [2.45, 2.75) is 13.3 Å². The summed E-state index contributed by atoms with van der Waals surface area (Å²) < 4.78 is 37.0. The summed E-state index contributed by atoms with van der Waals surface area (Å²) in [4.78, 5) is 0. The molecule has 0 amide bonds. The summed E-state index contributed by atoms with van der Waals surface area (Å²) in [6, 6.07) is 0. The van der Waals surface area contributed by atoms with Crippen LogP contribution in [0, 0.1) is 0 Å². The van der Waals surface area contributed by atoms with Crippen LogP contribution in [0.15, 0.2) is 11.6 Å². The Balaban J connectivity index is 2.52. The van der Waals surface area contributed by atoms with E-state index in [2.05, 4.69) is 0 Å². The van der Waals surface area contributed by atoms with Crippen molar-refractivity contribution in [3.8, 4) is 0 Å². The highest BCUT2D eigenvalue weighted by atomic mass is 31.2. The van der Waals surface area contributed by atoms with Crippen molar-refractivity contribution in [2.75, 3.05) is 27.4 Å². The van der Waals surface area contributed by atoms with E-state index in [0.29, 0.717) is 19.0 Å². The van der Waals surface area contributed by atoms with Gasteiger partial charge in [-0.1, -0.05) is 0 Å². The van der Waals surface area contributed by atoms with Crippen molar-refractivity contribution in [3.05, 3.63) is 11.6 Å². The predicted molar refractivity (Wildman–Crippen MR) is 59.9 cm³/mol. The second-order valence-corrected chi connectivity index (χ2v) is 6.19. The highest BCUT2D eigenvalue weighted by molar-refractivity contribution is 7.57. The predicted octanol–water partition coefficient (Wildman–Crippen LogP) is 3.01. The van der Waals surface area contributed by atoms with Crippen molar-refractivity contribution < 1.29 is 27.2 Å². The van der Waals surface area contributed by atoms with Gasteiger partial charge in [-0.25, -0.2) is 0 Å². The summed E-state index contributed by atoms with van der Waals surface area (Å²) >= 11 is 0. The van der Waals surface area contributed by atoms with Crippen molar-refractivity contribution in [1.82, 2.24) is 0 Å². The van der Waals surface area contributed by atoms with Gasteiger partial charge in [0, 0.05) is 14.2 Å². The Morgan fingerprint density at radius 3 is 2.38 bits per heavy atom. The molecule has 0 unspecified atom stereocenters. The average Bonchev–Trinajstić information content (AvgIpc) is 2.30. The van der Waals surface area contributed by atoms with E-state index in [0.717, 1.165) is 6.42 Å². The number of allylic oxidation sites excluding steroid dienone is 1. The Morgan fingerprint density at radius 2 is 1.88 bits per heavy atom. The lowest BCUT2D eigenvalue weighted by Gasteiger charge is -2.21. The molecule has 0 atom stereocenters. The van der Waals surface area contributed by atoms with Gasteiger partial charge in [-0.3, -0.25) is 4.57 Å².